The highest BCUT2D eigenvalue weighted by Crippen LogP contribution is 2.27. The van der Waals surface area contributed by atoms with Gasteiger partial charge in [-0.3, -0.25) is 0 Å². The summed E-state index contributed by atoms with van der Waals surface area (Å²) < 4.78 is 32.6. The molecule has 3 rings (SSSR count). The maximum atomic E-state index is 13.7. The van der Waals surface area contributed by atoms with Crippen molar-refractivity contribution >= 4 is 11.1 Å². The predicted octanol–water partition coefficient (Wildman–Crippen LogP) is 4.99. The van der Waals surface area contributed by atoms with Crippen LogP contribution in [-0.4, -0.2) is 4.98 Å². The Morgan fingerprint density at radius 1 is 1.05 bits per heavy atom. The lowest BCUT2D eigenvalue weighted by Crippen LogP contribution is -2.10. The van der Waals surface area contributed by atoms with Crippen LogP contribution >= 0.6 is 0 Å². The van der Waals surface area contributed by atoms with Crippen molar-refractivity contribution in [1.29, 1.82) is 0 Å². The van der Waals surface area contributed by atoms with Gasteiger partial charge in [-0.2, -0.15) is 0 Å². The lowest BCUT2D eigenvalue weighted by molar-refractivity contribution is 0.530. The third-order valence-electron chi connectivity index (χ3n) is 3.65. The second-order valence-electron chi connectivity index (χ2n) is 6.45. The topological polar surface area (TPSA) is 26.0 Å². The summed E-state index contributed by atoms with van der Waals surface area (Å²) in [4.78, 5) is 4.40. The zero-order valence-corrected chi connectivity index (χ0v) is 12.8. The number of rotatable bonds is 2. The first kappa shape index (κ1) is 14.7. The van der Waals surface area contributed by atoms with Crippen molar-refractivity contribution in [2.45, 2.75) is 32.6 Å². The third kappa shape index (κ3) is 2.86. The van der Waals surface area contributed by atoms with Crippen LogP contribution in [0.4, 0.5) is 8.78 Å². The molecule has 2 aromatic carbocycles. The number of hydrogen-bond acceptors (Lipinski definition) is 2. The van der Waals surface area contributed by atoms with Crippen molar-refractivity contribution in [3.63, 3.8) is 0 Å². The first-order chi connectivity index (χ1) is 10.3. The minimum Gasteiger partial charge on any atom is -0.440 e. The summed E-state index contributed by atoms with van der Waals surface area (Å²) in [6, 6.07) is 9.23. The Balaban J connectivity index is 1.97. The normalized spacial score (nSPS) is 12.0. The van der Waals surface area contributed by atoms with Crippen molar-refractivity contribution in [1.82, 2.24) is 4.98 Å². The zero-order chi connectivity index (χ0) is 15.9. The molecule has 2 nitrogen and oxygen atoms in total. The Morgan fingerprint density at radius 3 is 2.55 bits per heavy atom. The number of oxazole rings is 1. The highest BCUT2D eigenvalue weighted by Gasteiger charge is 2.16. The van der Waals surface area contributed by atoms with Gasteiger partial charge in [0.2, 0.25) is 0 Å². The molecule has 0 radical (unpaired) electrons. The molecule has 0 fully saturated rings. The van der Waals surface area contributed by atoms with E-state index in [9.17, 15) is 8.78 Å². The van der Waals surface area contributed by atoms with Crippen molar-refractivity contribution < 1.29 is 13.2 Å². The van der Waals surface area contributed by atoms with Crippen LogP contribution in [0.3, 0.4) is 0 Å². The van der Waals surface area contributed by atoms with Gasteiger partial charge in [-0.1, -0.05) is 26.8 Å². The van der Waals surface area contributed by atoms with E-state index in [0.29, 0.717) is 11.5 Å². The van der Waals surface area contributed by atoms with E-state index in [4.69, 9.17) is 4.42 Å². The molecule has 0 aliphatic rings. The number of halogens is 2. The molecular formula is C18H17F2NO. The molecule has 0 saturated heterocycles. The standard InChI is InChI=1S/C18H17F2NO/c1-18(2,3)12-4-7-16-15(10-12)21-17(22-16)9-11-8-13(19)5-6-14(11)20/h4-8,10H,9H2,1-3H3. The molecule has 0 atom stereocenters. The Morgan fingerprint density at radius 2 is 1.82 bits per heavy atom. The highest BCUT2D eigenvalue weighted by molar-refractivity contribution is 5.73. The maximum Gasteiger partial charge on any atom is 0.200 e. The number of hydrogen-bond donors (Lipinski definition) is 0. The molecule has 0 unspecified atom stereocenters. The van der Waals surface area contributed by atoms with E-state index in [1.54, 1.807) is 0 Å². The Hall–Kier alpha value is -2.23. The van der Waals surface area contributed by atoms with Crippen LogP contribution in [0.15, 0.2) is 40.8 Å². The Labute approximate surface area is 127 Å². The molecule has 1 aromatic heterocycles. The monoisotopic (exact) mass is 301 g/mol. The Bertz CT molecular complexity index is 831. The molecule has 114 valence electrons. The zero-order valence-electron chi connectivity index (χ0n) is 12.8. The first-order valence-electron chi connectivity index (χ1n) is 7.17. The molecule has 0 N–H and O–H groups in total. The number of fused-ring (bicyclic) bond motifs is 1. The van der Waals surface area contributed by atoms with E-state index < -0.39 is 11.6 Å². The molecule has 0 bridgehead atoms. The van der Waals surface area contributed by atoms with Gasteiger partial charge in [0, 0.05) is 0 Å². The van der Waals surface area contributed by atoms with E-state index in [0.717, 1.165) is 23.2 Å². The largest absolute Gasteiger partial charge is 0.440 e. The quantitative estimate of drug-likeness (QED) is 0.666. The summed E-state index contributed by atoms with van der Waals surface area (Å²) in [5, 5.41) is 0. The average Bonchev–Trinajstić information content (AvgIpc) is 2.83. The minimum absolute atomic E-state index is 0.0158. The van der Waals surface area contributed by atoms with Gasteiger partial charge in [-0.25, -0.2) is 13.8 Å². The van der Waals surface area contributed by atoms with Crippen LogP contribution in [0.25, 0.3) is 11.1 Å². The van der Waals surface area contributed by atoms with Gasteiger partial charge < -0.3 is 4.42 Å². The van der Waals surface area contributed by atoms with E-state index in [1.165, 1.54) is 6.07 Å². The number of nitrogens with zero attached hydrogens (tertiary/aromatic N) is 1. The van der Waals surface area contributed by atoms with Crippen LogP contribution in [0, 0.1) is 11.6 Å². The molecule has 22 heavy (non-hydrogen) atoms. The molecule has 4 heteroatoms. The van der Waals surface area contributed by atoms with E-state index in [-0.39, 0.29) is 17.4 Å². The third-order valence-corrected chi connectivity index (χ3v) is 3.65. The van der Waals surface area contributed by atoms with E-state index in [1.807, 2.05) is 18.2 Å². The van der Waals surface area contributed by atoms with Gasteiger partial charge in [0.15, 0.2) is 11.5 Å². The summed E-state index contributed by atoms with van der Waals surface area (Å²) in [5.41, 5.74) is 2.79. The van der Waals surface area contributed by atoms with Crippen LogP contribution < -0.4 is 0 Å². The summed E-state index contributed by atoms with van der Waals surface area (Å²) in [6.07, 6.45) is 0.128. The van der Waals surface area contributed by atoms with Crippen LogP contribution in [-0.2, 0) is 11.8 Å². The average molecular weight is 301 g/mol. The summed E-state index contributed by atoms with van der Waals surface area (Å²) in [7, 11) is 0. The van der Waals surface area contributed by atoms with Crippen molar-refractivity contribution in [2.24, 2.45) is 0 Å². The summed E-state index contributed by atoms with van der Waals surface area (Å²) in [6.45, 7) is 6.37. The van der Waals surface area contributed by atoms with E-state index >= 15 is 0 Å². The minimum atomic E-state index is -0.470. The first-order valence-corrected chi connectivity index (χ1v) is 7.17. The second-order valence-corrected chi connectivity index (χ2v) is 6.45. The van der Waals surface area contributed by atoms with E-state index in [2.05, 4.69) is 25.8 Å². The van der Waals surface area contributed by atoms with Gasteiger partial charge in [0.1, 0.15) is 17.2 Å². The van der Waals surface area contributed by atoms with Crippen LogP contribution in [0.5, 0.6) is 0 Å². The lowest BCUT2D eigenvalue weighted by atomic mass is 9.87. The Kier molecular flexibility index (Phi) is 3.47. The second kappa shape index (κ2) is 5.20. The molecule has 0 spiro atoms. The SMILES string of the molecule is CC(C)(C)c1ccc2oc(Cc3cc(F)ccc3F)nc2c1. The van der Waals surface area contributed by atoms with Gasteiger partial charge in [-0.05, 0) is 46.9 Å². The molecular weight excluding hydrogens is 284 g/mol. The fourth-order valence-corrected chi connectivity index (χ4v) is 2.36. The van der Waals surface area contributed by atoms with Gasteiger partial charge in [-0.15, -0.1) is 0 Å². The fourth-order valence-electron chi connectivity index (χ4n) is 2.36. The number of benzene rings is 2. The van der Waals surface area contributed by atoms with Gasteiger partial charge in [0.25, 0.3) is 0 Å². The molecule has 0 saturated carbocycles. The smallest absolute Gasteiger partial charge is 0.200 e. The number of aromatic nitrogens is 1. The van der Waals surface area contributed by atoms with Crippen LogP contribution in [0.2, 0.25) is 0 Å². The van der Waals surface area contributed by atoms with Gasteiger partial charge >= 0.3 is 0 Å². The molecule has 1 heterocycles. The molecule has 3 aromatic rings. The van der Waals surface area contributed by atoms with Crippen LogP contribution in [0.1, 0.15) is 37.8 Å². The van der Waals surface area contributed by atoms with Crippen molar-refractivity contribution in [3.05, 3.63) is 65.1 Å². The van der Waals surface area contributed by atoms with Crippen molar-refractivity contribution in [3.8, 4) is 0 Å². The molecule has 0 amide bonds. The molecule has 0 aliphatic heterocycles. The van der Waals surface area contributed by atoms with Crippen molar-refractivity contribution in [2.75, 3.05) is 0 Å². The lowest BCUT2D eigenvalue weighted by Gasteiger charge is -2.18. The van der Waals surface area contributed by atoms with Gasteiger partial charge in [0.05, 0.1) is 6.42 Å². The fraction of sp³-hybridized carbons (Fsp3) is 0.278. The highest BCUT2D eigenvalue weighted by atomic mass is 19.1. The molecule has 0 aliphatic carbocycles. The summed E-state index contributed by atoms with van der Waals surface area (Å²) >= 11 is 0. The maximum absolute atomic E-state index is 13.7. The summed E-state index contributed by atoms with van der Waals surface area (Å²) in [5.74, 6) is -0.549. The predicted molar refractivity (Wildman–Crippen MR) is 81.9 cm³/mol.